The van der Waals surface area contributed by atoms with E-state index in [4.69, 9.17) is 0 Å². The number of benzene rings is 2. The van der Waals surface area contributed by atoms with Gasteiger partial charge in [0.1, 0.15) is 0 Å². The maximum absolute atomic E-state index is 4.14. The lowest BCUT2D eigenvalue weighted by Crippen LogP contribution is -1.83. The van der Waals surface area contributed by atoms with Gasteiger partial charge in [-0.15, -0.1) is 0 Å². The maximum Gasteiger partial charge on any atom is -0.0190 e. The predicted octanol–water partition coefficient (Wildman–Crippen LogP) is 5.11. The lowest BCUT2D eigenvalue weighted by Gasteiger charge is -2.05. The standard InChI is InChI=1S/C18H18/c1-14-8-7-11-18(12-14)16(3)13-15(2)17-9-5-4-6-10-17/h4-13H,2H2,1,3H3/b16-13+. The van der Waals surface area contributed by atoms with E-state index in [0.29, 0.717) is 0 Å². The van der Waals surface area contributed by atoms with Crippen molar-refractivity contribution < 1.29 is 0 Å². The summed E-state index contributed by atoms with van der Waals surface area (Å²) in [6.07, 6.45) is 2.14. The quantitative estimate of drug-likeness (QED) is 0.647. The molecule has 90 valence electrons. The molecule has 0 aliphatic carbocycles. The molecule has 0 aliphatic rings. The van der Waals surface area contributed by atoms with Crippen LogP contribution in [0, 0.1) is 6.92 Å². The summed E-state index contributed by atoms with van der Waals surface area (Å²) in [5, 5.41) is 0. The van der Waals surface area contributed by atoms with Crippen LogP contribution >= 0.6 is 0 Å². The van der Waals surface area contributed by atoms with Crippen LogP contribution in [0.4, 0.5) is 0 Å². The molecule has 0 radical (unpaired) electrons. The zero-order chi connectivity index (χ0) is 13.0. The monoisotopic (exact) mass is 234 g/mol. The van der Waals surface area contributed by atoms with E-state index in [2.05, 4.69) is 62.9 Å². The third kappa shape index (κ3) is 2.98. The minimum absolute atomic E-state index is 1.05. The second-order valence-corrected chi connectivity index (χ2v) is 4.59. The van der Waals surface area contributed by atoms with E-state index < -0.39 is 0 Å². The molecule has 0 heterocycles. The summed E-state index contributed by atoms with van der Waals surface area (Å²) >= 11 is 0. The average molecular weight is 234 g/mol. The molecule has 0 atom stereocenters. The van der Waals surface area contributed by atoms with Gasteiger partial charge in [-0.3, -0.25) is 0 Å². The summed E-state index contributed by atoms with van der Waals surface area (Å²) < 4.78 is 0. The van der Waals surface area contributed by atoms with Gasteiger partial charge in [0.25, 0.3) is 0 Å². The van der Waals surface area contributed by atoms with Crippen LogP contribution in [0.15, 0.2) is 67.3 Å². The van der Waals surface area contributed by atoms with Crippen molar-refractivity contribution in [3.8, 4) is 0 Å². The molecular formula is C18H18. The second kappa shape index (κ2) is 5.50. The van der Waals surface area contributed by atoms with Crippen LogP contribution in [0.5, 0.6) is 0 Å². The number of rotatable bonds is 3. The molecule has 0 bridgehead atoms. The first-order valence-corrected chi connectivity index (χ1v) is 6.16. The Balaban J connectivity index is 2.26. The van der Waals surface area contributed by atoms with Gasteiger partial charge >= 0.3 is 0 Å². The van der Waals surface area contributed by atoms with Gasteiger partial charge < -0.3 is 0 Å². The highest BCUT2D eigenvalue weighted by Crippen LogP contribution is 2.21. The Morgan fingerprint density at radius 2 is 1.61 bits per heavy atom. The average Bonchev–Trinajstić information content (AvgIpc) is 2.39. The van der Waals surface area contributed by atoms with E-state index in [-0.39, 0.29) is 0 Å². The molecule has 2 aromatic rings. The Kier molecular flexibility index (Phi) is 3.78. The van der Waals surface area contributed by atoms with Crippen molar-refractivity contribution in [3.05, 3.63) is 83.9 Å². The Labute approximate surface area is 109 Å². The molecule has 0 N–H and O–H groups in total. The van der Waals surface area contributed by atoms with E-state index >= 15 is 0 Å². The Bertz CT molecular complexity index is 574. The highest BCUT2D eigenvalue weighted by Gasteiger charge is 1.99. The van der Waals surface area contributed by atoms with Crippen LogP contribution in [0.1, 0.15) is 23.6 Å². The highest BCUT2D eigenvalue weighted by atomic mass is 14.0. The third-order valence-corrected chi connectivity index (χ3v) is 3.01. The Morgan fingerprint density at radius 3 is 2.28 bits per heavy atom. The lowest BCUT2D eigenvalue weighted by atomic mass is 10.00. The summed E-state index contributed by atoms with van der Waals surface area (Å²) in [6.45, 7) is 8.38. The molecule has 0 saturated carbocycles. The summed E-state index contributed by atoms with van der Waals surface area (Å²) in [5.41, 5.74) is 6.00. The minimum atomic E-state index is 1.05. The second-order valence-electron chi connectivity index (χ2n) is 4.59. The van der Waals surface area contributed by atoms with Crippen molar-refractivity contribution in [1.82, 2.24) is 0 Å². The van der Waals surface area contributed by atoms with Crippen LogP contribution in [-0.2, 0) is 0 Å². The van der Waals surface area contributed by atoms with Gasteiger partial charge in [0.2, 0.25) is 0 Å². The van der Waals surface area contributed by atoms with Crippen molar-refractivity contribution in [2.24, 2.45) is 0 Å². The zero-order valence-corrected chi connectivity index (χ0v) is 11.0. The van der Waals surface area contributed by atoms with Gasteiger partial charge in [-0.05, 0) is 36.1 Å². The normalized spacial score (nSPS) is 11.3. The van der Waals surface area contributed by atoms with Gasteiger partial charge in [0.15, 0.2) is 0 Å². The fourth-order valence-corrected chi connectivity index (χ4v) is 1.97. The zero-order valence-electron chi connectivity index (χ0n) is 11.0. The molecule has 2 rings (SSSR count). The summed E-state index contributed by atoms with van der Waals surface area (Å²) in [5.74, 6) is 0. The van der Waals surface area contributed by atoms with Crippen molar-refractivity contribution in [1.29, 1.82) is 0 Å². The molecule has 0 unspecified atom stereocenters. The van der Waals surface area contributed by atoms with Gasteiger partial charge in [-0.1, -0.05) is 72.8 Å². The number of allylic oxidation sites excluding steroid dienone is 3. The van der Waals surface area contributed by atoms with E-state index in [1.165, 1.54) is 22.3 Å². The van der Waals surface area contributed by atoms with Crippen molar-refractivity contribution >= 4 is 11.1 Å². The molecule has 0 aromatic heterocycles. The maximum atomic E-state index is 4.14. The van der Waals surface area contributed by atoms with Gasteiger partial charge in [-0.2, -0.15) is 0 Å². The fraction of sp³-hybridized carbons (Fsp3) is 0.111. The first-order valence-electron chi connectivity index (χ1n) is 6.16. The SMILES string of the molecule is C=C(/C=C(\C)c1cccc(C)c1)c1ccccc1. The number of aryl methyl sites for hydroxylation is 1. The predicted molar refractivity (Wildman–Crippen MR) is 80.3 cm³/mol. The summed E-state index contributed by atoms with van der Waals surface area (Å²) in [6, 6.07) is 18.8. The molecule has 0 saturated heterocycles. The van der Waals surface area contributed by atoms with Crippen molar-refractivity contribution in [2.45, 2.75) is 13.8 Å². The molecular weight excluding hydrogens is 216 g/mol. The molecule has 0 aliphatic heterocycles. The Hall–Kier alpha value is -2.08. The van der Waals surface area contributed by atoms with Gasteiger partial charge in [-0.25, -0.2) is 0 Å². The van der Waals surface area contributed by atoms with E-state index in [1.54, 1.807) is 0 Å². The molecule has 18 heavy (non-hydrogen) atoms. The van der Waals surface area contributed by atoms with E-state index in [1.807, 2.05) is 18.2 Å². The summed E-state index contributed by atoms with van der Waals surface area (Å²) in [7, 11) is 0. The topological polar surface area (TPSA) is 0 Å². The fourth-order valence-electron chi connectivity index (χ4n) is 1.97. The van der Waals surface area contributed by atoms with Crippen LogP contribution in [-0.4, -0.2) is 0 Å². The first-order chi connectivity index (χ1) is 8.66. The van der Waals surface area contributed by atoms with Crippen LogP contribution in [0.2, 0.25) is 0 Å². The van der Waals surface area contributed by atoms with Crippen LogP contribution in [0.3, 0.4) is 0 Å². The largest absolute Gasteiger partial charge is 0.0911 e. The first kappa shape index (κ1) is 12.4. The molecule has 0 nitrogen and oxygen atoms in total. The molecule has 0 heteroatoms. The number of hydrogen-bond donors (Lipinski definition) is 0. The van der Waals surface area contributed by atoms with Crippen LogP contribution in [0.25, 0.3) is 11.1 Å². The third-order valence-electron chi connectivity index (χ3n) is 3.01. The van der Waals surface area contributed by atoms with Gasteiger partial charge in [0, 0.05) is 0 Å². The molecule has 0 fully saturated rings. The van der Waals surface area contributed by atoms with Crippen LogP contribution < -0.4 is 0 Å². The smallest absolute Gasteiger partial charge is 0.0190 e. The van der Waals surface area contributed by atoms with Crippen molar-refractivity contribution in [2.75, 3.05) is 0 Å². The summed E-state index contributed by atoms with van der Waals surface area (Å²) in [4.78, 5) is 0. The number of hydrogen-bond acceptors (Lipinski definition) is 0. The van der Waals surface area contributed by atoms with E-state index in [0.717, 1.165) is 5.57 Å². The van der Waals surface area contributed by atoms with Crippen molar-refractivity contribution in [3.63, 3.8) is 0 Å². The molecule has 2 aromatic carbocycles. The minimum Gasteiger partial charge on any atom is -0.0911 e. The highest BCUT2D eigenvalue weighted by molar-refractivity contribution is 5.82. The van der Waals surface area contributed by atoms with E-state index in [9.17, 15) is 0 Å². The molecule has 0 amide bonds. The molecule has 0 spiro atoms. The Morgan fingerprint density at radius 1 is 0.944 bits per heavy atom. The van der Waals surface area contributed by atoms with Gasteiger partial charge in [0.05, 0.1) is 0 Å². The lowest BCUT2D eigenvalue weighted by molar-refractivity contribution is 1.44.